The highest BCUT2D eigenvalue weighted by atomic mass is 19.4. The van der Waals surface area contributed by atoms with Crippen LogP contribution in [0.2, 0.25) is 0 Å². The van der Waals surface area contributed by atoms with Crippen molar-refractivity contribution in [3.8, 4) is 0 Å². The van der Waals surface area contributed by atoms with E-state index < -0.39 is 11.7 Å². The van der Waals surface area contributed by atoms with Crippen LogP contribution in [0.25, 0.3) is 5.65 Å². The van der Waals surface area contributed by atoms with E-state index in [0.29, 0.717) is 43.7 Å². The molecular weight excluding hydrogens is 313 g/mol. The SMILES string of the molecule is NC(=NCc1nnc2ccc(C(F)(F)F)cn12)N1CCOCC1. The third-order valence-corrected chi connectivity index (χ3v) is 3.52. The monoisotopic (exact) mass is 328 g/mol. The molecular formula is C13H15F3N6O. The van der Waals surface area contributed by atoms with Gasteiger partial charge in [-0.15, -0.1) is 10.2 Å². The molecule has 124 valence electrons. The van der Waals surface area contributed by atoms with E-state index in [-0.39, 0.29) is 6.54 Å². The van der Waals surface area contributed by atoms with Gasteiger partial charge in [-0.2, -0.15) is 13.2 Å². The molecule has 2 aromatic rings. The lowest BCUT2D eigenvalue weighted by atomic mass is 10.3. The van der Waals surface area contributed by atoms with Crippen LogP contribution in [0.4, 0.5) is 13.2 Å². The van der Waals surface area contributed by atoms with Crippen LogP contribution in [0, 0.1) is 0 Å². The molecule has 7 nitrogen and oxygen atoms in total. The first kappa shape index (κ1) is 15.5. The number of fused-ring (bicyclic) bond motifs is 1. The van der Waals surface area contributed by atoms with Gasteiger partial charge < -0.3 is 15.4 Å². The fraction of sp³-hybridized carbons (Fsp3) is 0.462. The molecule has 0 amide bonds. The van der Waals surface area contributed by atoms with Gasteiger partial charge in [0.05, 0.1) is 18.8 Å². The summed E-state index contributed by atoms with van der Waals surface area (Å²) < 4.78 is 44.9. The maximum atomic E-state index is 12.8. The number of guanidine groups is 1. The quantitative estimate of drug-likeness (QED) is 0.654. The lowest BCUT2D eigenvalue weighted by molar-refractivity contribution is -0.137. The Bertz CT molecular complexity index is 720. The molecule has 0 aliphatic carbocycles. The predicted octanol–water partition coefficient (Wildman–Crippen LogP) is 0.895. The molecule has 0 spiro atoms. The molecule has 10 heteroatoms. The Morgan fingerprint density at radius 2 is 2.00 bits per heavy atom. The summed E-state index contributed by atoms with van der Waals surface area (Å²) in [6.07, 6.45) is -3.46. The number of alkyl halides is 3. The Kier molecular flexibility index (Phi) is 4.07. The molecule has 1 aliphatic rings. The fourth-order valence-corrected chi connectivity index (χ4v) is 2.26. The van der Waals surface area contributed by atoms with Gasteiger partial charge >= 0.3 is 6.18 Å². The molecule has 1 fully saturated rings. The Morgan fingerprint density at radius 1 is 1.26 bits per heavy atom. The molecule has 1 aliphatic heterocycles. The van der Waals surface area contributed by atoms with Crippen LogP contribution in [-0.2, 0) is 17.5 Å². The first-order valence-electron chi connectivity index (χ1n) is 6.98. The number of halogens is 3. The number of rotatable bonds is 2. The molecule has 0 bridgehead atoms. The van der Waals surface area contributed by atoms with Gasteiger partial charge in [-0.1, -0.05) is 0 Å². The maximum Gasteiger partial charge on any atom is 0.417 e. The van der Waals surface area contributed by atoms with Crippen LogP contribution in [0.3, 0.4) is 0 Å². The van der Waals surface area contributed by atoms with Crippen molar-refractivity contribution in [1.82, 2.24) is 19.5 Å². The smallest absolute Gasteiger partial charge is 0.378 e. The van der Waals surface area contributed by atoms with E-state index in [1.54, 1.807) is 0 Å². The van der Waals surface area contributed by atoms with E-state index in [1.165, 1.54) is 10.5 Å². The highest BCUT2D eigenvalue weighted by molar-refractivity contribution is 5.78. The highest BCUT2D eigenvalue weighted by Gasteiger charge is 2.31. The second-order valence-corrected chi connectivity index (χ2v) is 5.03. The molecule has 3 heterocycles. The number of ether oxygens (including phenoxy) is 1. The molecule has 23 heavy (non-hydrogen) atoms. The Balaban J connectivity index is 1.82. The van der Waals surface area contributed by atoms with Crippen molar-refractivity contribution in [3.05, 3.63) is 29.7 Å². The standard InChI is InChI=1S/C13H15F3N6O/c14-13(15,16)9-1-2-10-19-20-11(22(10)8-9)7-18-12(17)21-3-5-23-6-4-21/h1-2,8H,3-7H2,(H2,17,18). The maximum absolute atomic E-state index is 12.8. The zero-order chi connectivity index (χ0) is 16.4. The van der Waals surface area contributed by atoms with E-state index in [2.05, 4.69) is 15.2 Å². The molecule has 0 aromatic carbocycles. The van der Waals surface area contributed by atoms with Gasteiger partial charge in [-0.3, -0.25) is 4.40 Å². The number of nitrogens with two attached hydrogens (primary N) is 1. The number of nitrogens with zero attached hydrogens (tertiary/aromatic N) is 5. The highest BCUT2D eigenvalue weighted by Crippen LogP contribution is 2.29. The van der Waals surface area contributed by atoms with Crippen molar-refractivity contribution < 1.29 is 17.9 Å². The first-order chi connectivity index (χ1) is 10.9. The van der Waals surface area contributed by atoms with Gasteiger partial charge in [0, 0.05) is 19.3 Å². The van der Waals surface area contributed by atoms with Crippen molar-refractivity contribution >= 4 is 11.6 Å². The van der Waals surface area contributed by atoms with Crippen LogP contribution >= 0.6 is 0 Å². The average Bonchev–Trinajstić information content (AvgIpc) is 2.95. The second-order valence-electron chi connectivity index (χ2n) is 5.03. The zero-order valence-corrected chi connectivity index (χ0v) is 12.1. The summed E-state index contributed by atoms with van der Waals surface area (Å²) >= 11 is 0. The molecule has 0 atom stereocenters. The second kappa shape index (κ2) is 6.03. The van der Waals surface area contributed by atoms with Crippen LogP contribution in [-0.4, -0.2) is 51.8 Å². The van der Waals surface area contributed by atoms with Crippen LogP contribution in [0.15, 0.2) is 23.3 Å². The van der Waals surface area contributed by atoms with E-state index >= 15 is 0 Å². The van der Waals surface area contributed by atoms with Crippen molar-refractivity contribution in [2.75, 3.05) is 26.3 Å². The van der Waals surface area contributed by atoms with Crippen LogP contribution in [0.1, 0.15) is 11.4 Å². The lowest BCUT2D eigenvalue weighted by Crippen LogP contribution is -2.44. The summed E-state index contributed by atoms with van der Waals surface area (Å²) in [6.45, 7) is 2.45. The summed E-state index contributed by atoms with van der Waals surface area (Å²) in [4.78, 5) is 6.05. The normalized spacial score (nSPS) is 17.0. The lowest BCUT2D eigenvalue weighted by Gasteiger charge is -2.27. The Morgan fingerprint density at radius 3 is 2.70 bits per heavy atom. The van der Waals surface area contributed by atoms with Gasteiger partial charge in [0.2, 0.25) is 0 Å². The largest absolute Gasteiger partial charge is 0.417 e. The number of hydrogen-bond acceptors (Lipinski definition) is 4. The molecule has 0 unspecified atom stereocenters. The van der Waals surface area contributed by atoms with Crippen molar-refractivity contribution in [3.63, 3.8) is 0 Å². The topological polar surface area (TPSA) is 81.0 Å². The van der Waals surface area contributed by atoms with Crippen LogP contribution in [0.5, 0.6) is 0 Å². The minimum absolute atomic E-state index is 0.0473. The summed E-state index contributed by atoms with van der Waals surface area (Å²) in [5.41, 5.74) is 5.45. The predicted molar refractivity (Wildman–Crippen MR) is 75.7 cm³/mol. The molecule has 3 rings (SSSR count). The van der Waals surface area contributed by atoms with Gasteiger partial charge in [0.1, 0.15) is 6.54 Å². The van der Waals surface area contributed by atoms with Gasteiger partial charge in [-0.05, 0) is 12.1 Å². The number of hydrogen-bond donors (Lipinski definition) is 1. The summed E-state index contributed by atoms with van der Waals surface area (Å²) in [7, 11) is 0. The molecule has 1 saturated heterocycles. The zero-order valence-electron chi connectivity index (χ0n) is 12.1. The van der Waals surface area contributed by atoms with E-state index in [9.17, 15) is 13.2 Å². The third-order valence-electron chi connectivity index (χ3n) is 3.52. The first-order valence-corrected chi connectivity index (χ1v) is 6.98. The number of pyridine rings is 1. The van der Waals surface area contributed by atoms with E-state index in [4.69, 9.17) is 10.5 Å². The average molecular weight is 328 g/mol. The molecule has 2 aromatic heterocycles. The van der Waals surface area contributed by atoms with Gasteiger partial charge in [-0.25, -0.2) is 4.99 Å². The van der Waals surface area contributed by atoms with Crippen molar-refractivity contribution in [2.24, 2.45) is 10.7 Å². The Hall–Kier alpha value is -2.36. The summed E-state index contributed by atoms with van der Waals surface area (Å²) in [6, 6.07) is 2.24. The molecule has 0 saturated carbocycles. The number of aliphatic imine (C=N–C) groups is 1. The van der Waals surface area contributed by atoms with Gasteiger partial charge in [0.15, 0.2) is 17.4 Å². The van der Waals surface area contributed by atoms with Crippen molar-refractivity contribution in [1.29, 1.82) is 0 Å². The summed E-state index contributed by atoms with van der Waals surface area (Å²) in [5, 5.41) is 7.71. The van der Waals surface area contributed by atoms with Gasteiger partial charge in [0.25, 0.3) is 0 Å². The van der Waals surface area contributed by atoms with Crippen molar-refractivity contribution in [2.45, 2.75) is 12.7 Å². The van der Waals surface area contributed by atoms with E-state index in [0.717, 1.165) is 12.3 Å². The molecule has 0 radical (unpaired) electrons. The van der Waals surface area contributed by atoms with E-state index in [1.807, 2.05) is 4.90 Å². The molecule has 2 N–H and O–H groups in total. The minimum Gasteiger partial charge on any atom is -0.378 e. The summed E-state index contributed by atoms with van der Waals surface area (Å²) in [5.74, 6) is 0.610. The van der Waals surface area contributed by atoms with Crippen LogP contribution < -0.4 is 5.73 Å². The third kappa shape index (κ3) is 3.36. The Labute approximate surface area is 129 Å². The fourth-order valence-electron chi connectivity index (χ4n) is 2.26. The minimum atomic E-state index is -4.42. The number of morpholine rings is 1. The number of aromatic nitrogens is 3.